The number of hydrogen-bond acceptors (Lipinski definition) is 2. The van der Waals surface area contributed by atoms with Gasteiger partial charge in [0.1, 0.15) is 0 Å². The summed E-state index contributed by atoms with van der Waals surface area (Å²) >= 11 is 3.48. The van der Waals surface area contributed by atoms with E-state index in [0.29, 0.717) is 13.1 Å². The zero-order valence-electron chi connectivity index (χ0n) is 8.99. The molecule has 0 bridgehead atoms. The Balaban J connectivity index is 2.56. The molecule has 16 heavy (non-hydrogen) atoms. The van der Waals surface area contributed by atoms with E-state index in [4.69, 9.17) is 10.8 Å². The number of hydrogen-bond donors (Lipinski definition) is 2. The number of nitrogens with two attached hydrogens (primary N) is 1. The summed E-state index contributed by atoms with van der Waals surface area (Å²) in [6.07, 6.45) is 2.95. The van der Waals surface area contributed by atoms with E-state index in [-0.39, 0.29) is 6.61 Å². The molecule has 1 heterocycles. The summed E-state index contributed by atoms with van der Waals surface area (Å²) in [4.78, 5) is 0. The first-order valence-corrected chi connectivity index (χ1v) is 6.13. The molecule has 0 atom stereocenters. The van der Waals surface area contributed by atoms with Gasteiger partial charge in [-0.1, -0.05) is 15.9 Å². The van der Waals surface area contributed by atoms with E-state index < -0.39 is 0 Å². The summed E-state index contributed by atoms with van der Waals surface area (Å²) in [6.45, 7) is 1.43. The predicted molar refractivity (Wildman–Crippen MR) is 69.5 cm³/mol. The van der Waals surface area contributed by atoms with E-state index in [9.17, 15) is 0 Å². The highest BCUT2D eigenvalue weighted by molar-refractivity contribution is 9.10. The lowest BCUT2D eigenvalue weighted by Crippen LogP contribution is -2.02. The standard InChI is InChI=1S/C12H15BrN2O/c13-10-1-2-12-11(7-10)9(3-4-14)8-15(12)5-6-16/h1-2,7-8,16H,3-6,14H2. The van der Waals surface area contributed by atoms with Gasteiger partial charge in [0.25, 0.3) is 0 Å². The van der Waals surface area contributed by atoms with Crippen LogP contribution < -0.4 is 5.73 Å². The number of aliphatic hydroxyl groups excluding tert-OH is 1. The van der Waals surface area contributed by atoms with Gasteiger partial charge in [0.05, 0.1) is 6.61 Å². The van der Waals surface area contributed by atoms with Crippen LogP contribution in [0.2, 0.25) is 0 Å². The second kappa shape index (κ2) is 4.99. The van der Waals surface area contributed by atoms with Crippen LogP contribution in [0.1, 0.15) is 5.56 Å². The second-order valence-electron chi connectivity index (χ2n) is 3.77. The third-order valence-electron chi connectivity index (χ3n) is 2.68. The quantitative estimate of drug-likeness (QED) is 0.900. The maximum atomic E-state index is 9.02. The molecule has 0 amide bonds. The molecule has 0 spiro atoms. The molecule has 1 aromatic carbocycles. The van der Waals surface area contributed by atoms with E-state index in [1.54, 1.807) is 0 Å². The van der Waals surface area contributed by atoms with E-state index in [2.05, 4.69) is 38.8 Å². The number of halogens is 1. The molecule has 0 radical (unpaired) electrons. The third kappa shape index (κ3) is 2.14. The molecule has 4 heteroatoms. The number of aliphatic hydroxyl groups is 1. The first-order chi connectivity index (χ1) is 7.76. The molecule has 0 saturated heterocycles. The molecule has 3 N–H and O–H groups in total. The van der Waals surface area contributed by atoms with Crippen molar-refractivity contribution in [1.82, 2.24) is 4.57 Å². The highest BCUT2D eigenvalue weighted by Gasteiger charge is 2.07. The maximum absolute atomic E-state index is 9.02. The number of nitrogens with zero attached hydrogens (tertiary/aromatic N) is 1. The van der Waals surface area contributed by atoms with Gasteiger partial charge in [-0.25, -0.2) is 0 Å². The van der Waals surface area contributed by atoms with Crippen molar-refractivity contribution in [2.45, 2.75) is 13.0 Å². The monoisotopic (exact) mass is 282 g/mol. The molecule has 0 aliphatic carbocycles. The van der Waals surface area contributed by atoms with Crippen molar-refractivity contribution in [2.24, 2.45) is 5.73 Å². The first kappa shape index (κ1) is 11.6. The fraction of sp³-hybridized carbons (Fsp3) is 0.333. The van der Waals surface area contributed by atoms with Crippen molar-refractivity contribution in [3.8, 4) is 0 Å². The molecule has 0 aliphatic heterocycles. The molecule has 2 aromatic rings. The van der Waals surface area contributed by atoms with Gasteiger partial charge >= 0.3 is 0 Å². The highest BCUT2D eigenvalue weighted by Crippen LogP contribution is 2.25. The average Bonchev–Trinajstić information content (AvgIpc) is 2.58. The van der Waals surface area contributed by atoms with Crippen LogP contribution in [0.4, 0.5) is 0 Å². The smallest absolute Gasteiger partial charge is 0.0610 e. The van der Waals surface area contributed by atoms with Crippen molar-refractivity contribution < 1.29 is 5.11 Å². The van der Waals surface area contributed by atoms with Crippen LogP contribution in [0.25, 0.3) is 10.9 Å². The Bertz CT molecular complexity index is 493. The van der Waals surface area contributed by atoms with E-state index in [0.717, 1.165) is 16.4 Å². The first-order valence-electron chi connectivity index (χ1n) is 5.34. The van der Waals surface area contributed by atoms with Crippen LogP contribution >= 0.6 is 15.9 Å². The molecule has 2 rings (SSSR count). The Morgan fingerprint density at radius 2 is 2.19 bits per heavy atom. The lowest BCUT2D eigenvalue weighted by atomic mass is 10.1. The van der Waals surface area contributed by atoms with Gasteiger partial charge in [0.15, 0.2) is 0 Å². The number of benzene rings is 1. The van der Waals surface area contributed by atoms with Crippen molar-refractivity contribution in [3.63, 3.8) is 0 Å². The van der Waals surface area contributed by atoms with Gasteiger partial charge in [0.2, 0.25) is 0 Å². The summed E-state index contributed by atoms with van der Waals surface area (Å²) in [5.74, 6) is 0. The second-order valence-corrected chi connectivity index (χ2v) is 4.69. The fourth-order valence-electron chi connectivity index (χ4n) is 1.99. The molecule has 3 nitrogen and oxygen atoms in total. The number of rotatable bonds is 4. The van der Waals surface area contributed by atoms with Gasteiger partial charge < -0.3 is 15.4 Å². The Morgan fingerprint density at radius 1 is 1.38 bits per heavy atom. The molecule has 0 fully saturated rings. The van der Waals surface area contributed by atoms with Crippen LogP contribution in [-0.2, 0) is 13.0 Å². The largest absolute Gasteiger partial charge is 0.395 e. The molecule has 86 valence electrons. The summed E-state index contributed by atoms with van der Waals surface area (Å²) in [5, 5.41) is 10.2. The zero-order chi connectivity index (χ0) is 11.5. The fourth-order valence-corrected chi connectivity index (χ4v) is 2.35. The van der Waals surface area contributed by atoms with Crippen molar-refractivity contribution in [3.05, 3.63) is 34.4 Å². The highest BCUT2D eigenvalue weighted by atomic mass is 79.9. The van der Waals surface area contributed by atoms with Crippen LogP contribution in [0.3, 0.4) is 0 Å². The number of fused-ring (bicyclic) bond motifs is 1. The third-order valence-corrected chi connectivity index (χ3v) is 3.17. The normalized spacial score (nSPS) is 11.2. The summed E-state index contributed by atoms with van der Waals surface area (Å²) in [6, 6.07) is 6.19. The lowest BCUT2D eigenvalue weighted by Gasteiger charge is -2.01. The molecule has 0 unspecified atom stereocenters. The van der Waals surface area contributed by atoms with Crippen LogP contribution in [0.15, 0.2) is 28.9 Å². The van der Waals surface area contributed by atoms with Crippen LogP contribution in [-0.4, -0.2) is 22.8 Å². The predicted octanol–water partition coefficient (Wildman–Crippen LogP) is 1.90. The van der Waals surface area contributed by atoms with E-state index in [1.807, 2.05) is 6.07 Å². The van der Waals surface area contributed by atoms with Crippen molar-refractivity contribution in [1.29, 1.82) is 0 Å². The van der Waals surface area contributed by atoms with Crippen molar-refractivity contribution >= 4 is 26.8 Å². The molecule has 1 aromatic heterocycles. The Hall–Kier alpha value is -0.840. The van der Waals surface area contributed by atoms with Gasteiger partial charge in [-0.05, 0) is 36.7 Å². The average molecular weight is 283 g/mol. The minimum atomic E-state index is 0.155. The summed E-state index contributed by atoms with van der Waals surface area (Å²) < 4.78 is 3.15. The minimum Gasteiger partial charge on any atom is -0.395 e. The van der Waals surface area contributed by atoms with Gasteiger partial charge in [-0.2, -0.15) is 0 Å². The Morgan fingerprint density at radius 3 is 2.88 bits per heavy atom. The van der Waals surface area contributed by atoms with Crippen molar-refractivity contribution in [2.75, 3.05) is 13.2 Å². The Labute approximate surface area is 103 Å². The number of aromatic nitrogens is 1. The van der Waals surface area contributed by atoms with E-state index in [1.165, 1.54) is 10.9 Å². The zero-order valence-corrected chi connectivity index (χ0v) is 10.6. The molecular formula is C12H15BrN2O. The SMILES string of the molecule is NCCc1cn(CCO)c2ccc(Br)cc12. The molecule has 0 saturated carbocycles. The Kier molecular flexibility index (Phi) is 3.63. The van der Waals surface area contributed by atoms with Gasteiger partial charge in [0, 0.05) is 28.1 Å². The topological polar surface area (TPSA) is 51.2 Å². The minimum absolute atomic E-state index is 0.155. The summed E-state index contributed by atoms with van der Waals surface area (Å²) in [5.41, 5.74) is 8.00. The van der Waals surface area contributed by atoms with Gasteiger partial charge in [-0.15, -0.1) is 0 Å². The van der Waals surface area contributed by atoms with E-state index >= 15 is 0 Å². The molecular weight excluding hydrogens is 268 g/mol. The van der Waals surface area contributed by atoms with Crippen LogP contribution in [0, 0.1) is 0 Å². The molecule has 0 aliphatic rings. The van der Waals surface area contributed by atoms with Crippen LogP contribution in [0.5, 0.6) is 0 Å². The maximum Gasteiger partial charge on any atom is 0.0610 e. The summed E-state index contributed by atoms with van der Waals surface area (Å²) in [7, 11) is 0. The lowest BCUT2D eigenvalue weighted by molar-refractivity contribution is 0.278. The van der Waals surface area contributed by atoms with Gasteiger partial charge in [-0.3, -0.25) is 0 Å².